The predicted molar refractivity (Wildman–Crippen MR) is 158 cm³/mol. The van der Waals surface area contributed by atoms with E-state index in [9.17, 15) is 13.2 Å². The van der Waals surface area contributed by atoms with Gasteiger partial charge in [0.25, 0.3) is 10.1 Å². The van der Waals surface area contributed by atoms with Gasteiger partial charge < -0.3 is 4.90 Å². The summed E-state index contributed by atoms with van der Waals surface area (Å²) in [5.74, 6) is -0.111. The summed E-state index contributed by atoms with van der Waals surface area (Å²) in [6.07, 6.45) is 20.4. The lowest BCUT2D eigenvalue weighted by molar-refractivity contribution is 0.0979. The maximum Gasteiger partial charge on any atom is 0.266 e. The minimum absolute atomic E-state index is 0.200. The largest absolute Gasteiger partial charge is 0.373 e. The molecule has 6 heteroatoms. The highest BCUT2D eigenvalue weighted by molar-refractivity contribution is 7.85. The zero-order valence-corrected chi connectivity index (χ0v) is 24.0. The topological polar surface area (TPSA) is 74.7 Å². The van der Waals surface area contributed by atoms with Crippen LogP contribution in [0.5, 0.6) is 0 Å². The molecule has 2 aromatic rings. The highest BCUT2D eigenvalue weighted by Gasteiger charge is 2.10. The van der Waals surface area contributed by atoms with E-state index >= 15 is 0 Å². The van der Waals surface area contributed by atoms with Gasteiger partial charge in [-0.2, -0.15) is 8.42 Å². The van der Waals surface area contributed by atoms with Gasteiger partial charge in [-0.15, -0.1) is 0 Å². The third kappa shape index (κ3) is 13.4. The predicted octanol–water partition coefficient (Wildman–Crippen LogP) is 8.61. The van der Waals surface area contributed by atoms with Gasteiger partial charge in [-0.1, -0.05) is 115 Å². The number of benzene rings is 2. The molecule has 37 heavy (non-hydrogen) atoms. The van der Waals surface area contributed by atoms with Crippen LogP contribution in [0.15, 0.2) is 36.4 Å². The first-order chi connectivity index (χ1) is 17.8. The second kappa shape index (κ2) is 17.6. The number of Topliss-reactive ketones (excluding diaryl/α,β-unsaturated/α-hetero) is 1. The molecule has 0 fully saturated rings. The Morgan fingerprint density at radius 2 is 1.22 bits per heavy atom. The molecular weight excluding hydrogens is 482 g/mol. The van der Waals surface area contributed by atoms with Crippen molar-refractivity contribution in [1.82, 2.24) is 0 Å². The summed E-state index contributed by atoms with van der Waals surface area (Å²) in [4.78, 5) is 14.5. The van der Waals surface area contributed by atoms with Gasteiger partial charge in [0.1, 0.15) is 0 Å². The van der Waals surface area contributed by atoms with Gasteiger partial charge in [0.2, 0.25) is 0 Å². The zero-order valence-electron chi connectivity index (χ0n) is 23.2. The fourth-order valence-electron chi connectivity index (χ4n) is 4.83. The maximum atomic E-state index is 12.7. The molecule has 0 aliphatic carbocycles. The van der Waals surface area contributed by atoms with Gasteiger partial charge >= 0.3 is 0 Å². The van der Waals surface area contributed by atoms with E-state index in [4.69, 9.17) is 4.55 Å². The van der Waals surface area contributed by atoms with Gasteiger partial charge in [0, 0.05) is 31.3 Å². The number of ketones is 1. The van der Waals surface area contributed by atoms with Gasteiger partial charge in [-0.3, -0.25) is 9.35 Å². The smallest absolute Gasteiger partial charge is 0.266 e. The molecule has 0 aliphatic rings. The third-order valence-corrected chi connectivity index (χ3v) is 7.98. The third-order valence-electron chi connectivity index (χ3n) is 7.28. The summed E-state index contributed by atoms with van der Waals surface area (Å²) < 4.78 is 31.0. The molecule has 0 heterocycles. The van der Waals surface area contributed by atoms with E-state index in [1.807, 2.05) is 36.4 Å². The number of hydrogen-bond acceptors (Lipinski definition) is 4. The molecule has 0 saturated heterocycles. The van der Waals surface area contributed by atoms with E-state index in [0.717, 1.165) is 34.9 Å². The van der Waals surface area contributed by atoms with Gasteiger partial charge in [0.15, 0.2) is 5.78 Å². The van der Waals surface area contributed by atoms with Crippen LogP contribution in [0.1, 0.15) is 120 Å². The van der Waals surface area contributed by atoms with Crippen LogP contribution in [0.3, 0.4) is 0 Å². The van der Waals surface area contributed by atoms with Crippen LogP contribution in [0.25, 0.3) is 10.8 Å². The van der Waals surface area contributed by atoms with Crippen molar-refractivity contribution in [2.45, 2.75) is 110 Å². The summed E-state index contributed by atoms with van der Waals surface area (Å²) in [5, 5.41) is 1.99. The highest BCUT2D eigenvalue weighted by atomic mass is 32.2. The molecule has 2 rings (SSSR count). The minimum Gasteiger partial charge on any atom is -0.373 e. The van der Waals surface area contributed by atoms with E-state index < -0.39 is 10.1 Å². The number of nitrogens with zero attached hydrogens (tertiary/aromatic N) is 1. The van der Waals surface area contributed by atoms with E-state index in [-0.39, 0.29) is 18.1 Å². The van der Waals surface area contributed by atoms with Crippen molar-refractivity contribution in [1.29, 1.82) is 0 Å². The molecule has 0 atom stereocenters. The van der Waals surface area contributed by atoms with E-state index in [1.165, 1.54) is 83.5 Å². The summed E-state index contributed by atoms with van der Waals surface area (Å²) in [6.45, 7) is 2.48. The second-order valence-electron chi connectivity index (χ2n) is 10.6. The normalized spacial score (nSPS) is 11.8. The Labute approximate surface area is 225 Å². The van der Waals surface area contributed by atoms with Crippen LogP contribution < -0.4 is 4.90 Å². The van der Waals surface area contributed by atoms with Crippen molar-refractivity contribution >= 4 is 32.4 Å². The molecule has 0 saturated carbocycles. The van der Waals surface area contributed by atoms with Crippen LogP contribution >= 0.6 is 0 Å². The van der Waals surface area contributed by atoms with Gasteiger partial charge in [-0.05, 0) is 35.4 Å². The quantitative estimate of drug-likeness (QED) is 0.0991. The molecule has 208 valence electrons. The number of carbonyl (C=O) groups is 1. The van der Waals surface area contributed by atoms with Crippen LogP contribution in [0.2, 0.25) is 0 Å². The number of rotatable bonds is 21. The van der Waals surface area contributed by atoms with Crippen molar-refractivity contribution in [3.05, 3.63) is 42.0 Å². The molecule has 0 spiro atoms. The Hall–Kier alpha value is -1.92. The van der Waals surface area contributed by atoms with Crippen molar-refractivity contribution < 1.29 is 17.8 Å². The number of fused-ring (bicyclic) bond motifs is 1. The molecule has 2 aromatic carbocycles. The second-order valence-corrected chi connectivity index (χ2v) is 12.1. The molecule has 0 radical (unpaired) electrons. The summed E-state index contributed by atoms with van der Waals surface area (Å²) in [5.41, 5.74) is 1.62. The SMILES string of the molecule is CCCCCCCCCCCCCCCCCC(=O)c1ccc2cc(N(C)CCS(=O)(=O)O)ccc2c1. The Kier molecular flexibility index (Phi) is 14.9. The fourth-order valence-corrected chi connectivity index (χ4v) is 5.33. The fraction of sp³-hybridized carbons (Fsp3) is 0.645. The minimum atomic E-state index is -3.99. The standard InChI is InChI=1S/C31H49NO4S/c1-3-4-5-6-7-8-9-10-11-12-13-14-15-16-17-18-31(33)29-20-19-28-26-30(22-21-27(28)25-29)32(2)23-24-37(34,35)36/h19-22,25-26H,3-18,23-24H2,1-2H3,(H,34,35,36). The average molecular weight is 532 g/mol. The van der Waals surface area contributed by atoms with Crippen molar-refractivity contribution in [2.24, 2.45) is 0 Å². The Morgan fingerprint density at radius 1 is 0.730 bits per heavy atom. The molecule has 0 amide bonds. The Bertz CT molecular complexity index is 1030. The summed E-state index contributed by atoms with van der Waals surface area (Å²) >= 11 is 0. The van der Waals surface area contributed by atoms with Gasteiger partial charge in [-0.25, -0.2) is 0 Å². The first-order valence-electron chi connectivity index (χ1n) is 14.5. The van der Waals surface area contributed by atoms with Crippen LogP contribution in [0.4, 0.5) is 5.69 Å². The van der Waals surface area contributed by atoms with E-state index in [2.05, 4.69) is 6.92 Å². The van der Waals surface area contributed by atoms with Gasteiger partial charge in [0.05, 0.1) is 5.75 Å². The monoisotopic (exact) mass is 531 g/mol. The lowest BCUT2D eigenvalue weighted by atomic mass is 9.99. The molecule has 0 bridgehead atoms. The lowest BCUT2D eigenvalue weighted by Gasteiger charge is -2.19. The van der Waals surface area contributed by atoms with Crippen molar-refractivity contribution in [3.8, 4) is 0 Å². The van der Waals surface area contributed by atoms with Crippen LogP contribution in [0, 0.1) is 0 Å². The van der Waals surface area contributed by atoms with Crippen molar-refractivity contribution in [3.63, 3.8) is 0 Å². The number of unbranched alkanes of at least 4 members (excludes halogenated alkanes) is 14. The van der Waals surface area contributed by atoms with Crippen LogP contribution in [-0.2, 0) is 10.1 Å². The van der Waals surface area contributed by atoms with E-state index in [1.54, 1.807) is 11.9 Å². The number of anilines is 1. The maximum absolute atomic E-state index is 12.7. The first-order valence-corrected chi connectivity index (χ1v) is 16.1. The average Bonchev–Trinajstić information content (AvgIpc) is 2.88. The molecule has 0 unspecified atom stereocenters. The molecule has 0 aliphatic heterocycles. The highest BCUT2D eigenvalue weighted by Crippen LogP contribution is 2.24. The molecule has 5 nitrogen and oxygen atoms in total. The molecular formula is C31H49NO4S. The molecule has 0 aromatic heterocycles. The van der Waals surface area contributed by atoms with E-state index in [0.29, 0.717) is 6.42 Å². The van der Waals surface area contributed by atoms with Crippen molar-refractivity contribution in [2.75, 3.05) is 24.2 Å². The summed E-state index contributed by atoms with van der Waals surface area (Å²) in [6, 6.07) is 11.6. The summed E-state index contributed by atoms with van der Waals surface area (Å²) in [7, 11) is -2.19. The number of carbonyl (C=O) groups excluding carboxylic acids is 1. The molecule has 1 N–H and O–H groups in total. The zero-order chi connectivity index (χ0) is 26.9. The van der Waals surface area contributed by atoms with Crippen LogP contribution in [-0.4, -0.2) is 38.1 Å². The Balaban J connectivity index is 1.59. The lowest BCUT2D eigenvalue weighted by Crippen LogP contribution is -2.24. The number of hydrogen-bond donors (Lipinski definition) is 1. The Morgan fingerprint density at radius 3 is 1.76 bits per heavy atom. The first kappa shape index (κ1) is 31.3.